The second kappa shape index (κ2) is 8.23. The minimum Gasteiger partial charge on any atom is -0.472 e. The SMILES string of the molecule is CCCNC(CCC(N)c1ccc(Cl)cc1)c1ccoc1. The Balaban J connectivity index is 1.93. The standard InChI is InChI=1S/C17H23ClN2O/c1-2-10-20-17(14-9-11-21-12-14)8-7-16(19)13-3-5-15(18)6-4-13/h3-6,9,11-12,16-17,20H,2,7-8,10,19H2,1H3. The second-order valence-corrected chi connectivity index (χ2v) is 5.74. The maximum Gasteiger partial charge on any atom is 0.0950 e. The van der Waals surface area contributed by atoms with Crippen molar-refractivity contribution < 1.29 is 4.42 Å². The molecule has 0 bridgehead atoms. The first-order valence-corrected chi connectivity index (χ1v) is 7.85. The Morgan fingerprint density at radius 2 is 1.90 bits per heavy atom. The van der Waals surface area contributed by atoms with Crippen molar-refractivity contribution >= 4 is 11.6 Å². The van der Waals surface area contributed by atoms with Crippen molar-refractivity contribution in [3.05, 3.63) is 59.0 Å². The molecule has 0 aliphatic carbocycles. The van der Waals surface area contributed by atoms with E-state index in [1.54, 1.807) is 12.5 Å². The zero-order chi connectivity index (χ0) is 15.1. The summed E-state index contributed by atoms with van der Waals surface area (Å²) in [5.41, 5.74) is 8.59. The number of rotatable bonds is 8. The van der Waals surface area contributed by atoms with Crippen LogP contribution in [-0.2, 0) is 0 Å². The lowest BCUT2D eigenvalue weighted by Gasteiger charge is -2.19. The second-order valence-electron chi connectivity index (χ2n) is 5.30. The Hall–Kier alpha value is -1.29. The first-order valence-electron chi connectivity index (χ1n) is 7.47. The number of furan rings is 1. The van der Waals surface area contributed by atoms with Gasteiger partial charge in [0.15, 0.2) is 0 Å². The Morgan fingerprint density at radius 1 is 1.14 bits per heavy atom. The van der Waals surface area contributed by atoms with E-state index in [9.17, 15) is 0 Å². The molecule has 3 N–H and O–H groups in total. The van der Waals surface area contributed by atoms with Gasteiger partial charge >= 0.3 is 0 Å². The van der Waals surface area contributed by atoms with Crippen molar-refractivity contribution in [2.45, 2.75) is 38.3 Å². The molecule has 0 spiro atoms. The molecule has 0 aliphatic heterocycles. The molecule has 1 aromatic carbocycles. The summed E-state index contributed by atoms with van der Waals surface area (Å²) in [5.74, 6) is 0. The summed E-state index contributed by atoms with van der Waals surface area (Å²) in [5, 5.41) is 4.29. The predicted molar refractivity (Wildman–Crippen MR) is 87.4 cm³/mol. The molecular formula is C17H23ClN2O. The summed E-state index contributed by atoms with van der Waals surface area (Å²) in [6.07, 6.45) is 6.52. The number of halogens is 1. The predicted octanol–water partition coefficient (Wildman–Crippen LogP) is 4.45. The van der Waals surface area contributed by atoms with Crippen molar-refractivity contribution in [2.24, 2.45) is 5.73 Å². The monoisotopic (exact) mass is 306 g/mol. The van der Waals surface area contributed by atoms with E-state index in [4.69, 9.17) is 21.8 Å². The fourth-order valence-corrected chi connectivity index (χ4v) is 2.53. The van der Waals surface area contributed by atoms with Crippen LogP contribution in [-0.4, -0.2) is 6.54 Å². The molecule has 0 saturated heterocycles. The van der Waals surface area contributed by atoms with Crippen molar-refractivity contribution in [1.82, 2.24) is 5.32 Å². The maximum atomic E-state index is 6.28. The van der Waals surface area contributed by atoms with Gasteiger partial charge in [0.1, 0.15) is 0 Å². The number of nitrogens with one attached hydrogen (secondary N) is 1. The molecule has 114 valence electrons. The lowest BCUT2D eigenvalue weighted by molar-refractivity contribution is 0.454. The van der Waals surface area contributed by atoms with Gasteiger partial charge in [-0.15, -0.1) is 0 Å². The average molecular weight is 307 g/mol. The fraction of sp³-hybridized carbons (Fsp3) is 0.412. The van der Waals surface area contributed by atoms with Crippen LogP contribution in [0.15, 0.2) is 47.3 Å². The molecule has 0 amide bonds. The molecule has 3 nitrogen and oxygen atoms in total. The van der Waals surface area contributed by atoms with Crippen LogP contribution in [0.4, 0.5) is 0 Å². The first-order chi connectivity index (χ1) is 10.2. The molecule has 1 aromatic heterocycles. The van der Waals surface area contributed by atoms with E-state index in [2.05, 4.69) is 12.2 Å². The van der Waals surface area contributed by atoms with E-state index in [0.717, 1.165) is 36.4 Å². The molecule has 0 fully saturated rings. The van der Waals surface area contributed by atoms with Crippen LogP contribution >= 0.6 is 11.6 Å². The van der Waals surface area contributed by atoms with Gasteiger partial charge in [-0.25, -0.2) is 0 Å². The van der Waals surface area contributed by atoms with Crippen LogP contribution in [0.3, 0.4) is 0 Å². The van der Waals surface area contributed by atoms with Crippen molar-refractivity contribution in [1.29, 1.82) is 0 Å². The zero-order valence-electron chi connectivity index (χ0n) is 12.4. The molecule has 2 unspecified atom stereocenters. The van der Waals surface area contributed by atoms with Gasteiger partial charge in [0.2, 0.25) is 0 Å². The number of hydrogen-bond donors (Lipinski definition) is 2. The number of hydrogen-bond acceptors (Lipinski definition) is 3. The van der Waals surface area contributed by atoms with Gasteiger partial charge < -0.3 is 15.5 Å². The van der Waals surface area contributed by atoms with E-state index in [-0.39, 0.29) is 6.04 Å². The largest absolute Gasteiger partial charge is 0.472 e. The van der Waals surface area contributed by atoms with E-state index in [1.165, 1.54) is 5.56 Å². The summed E-state index contributed by atoms with van der Waals surface area (Å²) in [7, 11) is 0. The van der Waals surface area contributed by atoms with Gasteiger partial charge in [-0.2, -0.15) is 0 Å². The highest BCUT2D eigenvalue weighted by Gasteiger charge is 2.14. The molecule has 4 heteroatoms. The van der Waals surface area contributed by atoms with Crippen LogP contribution in [0.5, 0.6) is 0 Å². The van der Waals surface area contributed by atoms with E-state index < -0.39 is 0 Å². The zero-order valence-corrected chi connectivity index (χ0v) is 13.1. The Kier molecular flexibility index (Phi) is 6.30. The molecule has 0 saturated carbocycles. The van der Waals surface area contributed by atoms with E-state index >= 15 is 0 Å². The van der Waals surface area contributed by atoms with Gasteiger partial charge in [0.05, 0.1) is 12.5 Å². The van der Waals surface area contributed by atoms with Crippen molar-refractivity contribution in [3.63, 3.8) is 0 Å². The molecule has 0 radical (unpaired) electrons. The van der Waals surface area contributed by atoms with E-state index in [1.807, 2.05) is 30.3 Å². The Morgan fingerprint density at radius 3 is 2.52 bits per heavy atom. The first kappa shape index (κ1) is 16.1. The summed E-state index contributed by atoms with van der Waals surface area (Å²) >= 11 is 5.91. The number of nitrogens with two attached hydrogens (primary N) is 1. The molecule has 0 aliphatic rings. The quantitative estimate of drug-likeness (QED) is 0.757. The highest BCUT2D eigenvalue weighted by molar-refractivity contribution is 6.30. The Bertz CT molecular complexity index is 510. The normalized spacial score (nSPS) is 14.0. The van der Waals surface area contributed by atoms with Crippen molar-refractivity contribution in [3.8, 4) is 0 Å². The van der Waals surface area contributed by atoms with E-state index in [0.29, 0.717) is 6.04 Å². The smallest absolute Gasteiger partial charge is 0.0950 e. The minimum absolute atomic E-state index is 0.0279. The van der Waals surface area contributed by atoms with Crippen LogP contribution in [0.1, 0.15) is 49.4 Å². The third-order valence-corrected chi connectivity index (χ3v) is 3.90. The van der Waals surface area contributed by atoms with Gasteiger partial charge in [0.25, 0.3) is 0 Å². The van der Waals surface area contributed by atoms with Gasteiger partial charge in [-0.3, -0.25) is 0 Å². The molecule has 2 rings (SSSR count). The molecular weight excluding hydrogens is 284 g/mol. The van der Waals surface area contributed by atoms with Crippen LogP contribution in [0.25, 0.3) is 0 Å². The molecule has 21 heavy (non-hydrogen) atoms. The molecule has 2 aromatic rings. The summed E-state index contributed by atoms with van der Waals surface area (Å²) < 4.78 is 5.19. The van der Waals surface area contributed by atoms with Gasteiger partial charge in [-0.05, 0) is 49.6 Å². The summed E-state index contributed by atoms with van der Waals surface area (Å²) in [6.45, 7) is 3.16. The highest BCUT2D eigenvalue weighted by atomic mass is 35.5. The lowest BCUT2D eigenvalue weighted by atomic mass is 9.97. The van der Waals surface area contributed by atoms with Crippen molar-refractivity contribution in [2.75, 3.05) is 6.54 Å². The third-order valence-electron chi connectivity index (χ3n) is 3.65. The topological polar surface area (TPSA) is 51.2 Å². The van der Waals surface area contributed by atoms with Crippen LogP contribution < -0.4 is 11.1 Å². The molecule has 2 atom stereocenters. The average Bonchev–Trinajstić information content (AvgIpc) is 3.02. The third kappa shape index (κ3) is 4.88. The molecule has 1 heterocycles. The van der Waals surface area contributed by atoms with Crippen LogP contribution in [0, 0.1) is 0 Å². The minimum atomic E-state index is 0.0279. The summed E-state index contributed by atoms with van der Waals surface area (Å²) in [4.78, 5) is 0. The lowest BCUT2D eigenvalue weighted by Crippen LogP contribution is -2.23. The Labute approximate surface area is 131 Å². The van der Waals surface area contributed by atoms with Crippen LogP contribution in [0.2, 0.25) is 5.02 Å². The van der Waals surface area contributed by atoms with Gasteiger partial charge in [0, 0.05) is 22.7 Å². The summed E-state index contributed by atoms with van der Waals surface area (Å²) in [6, 6.07) is 10.1. The fourth-order valence-electron chi connectivity index (χ4n) is 2.40. The maximum absolute atomic E-state index is 6.28. The highest BCUT2D eigenvalue weighted by Crippen LogP contribution is 2.25. The van der Waals surface area contributed by atoms with Gasteiger partial charge in [-0.1, -0.05) is 30.7 Å². The number of benzene rings is 1.